The molecule has 396 valence electrons. The normalized spacial score (nSPS) is 37.7. The molecule has 14 heteroatoms. The van der Waals surface area contributed by atoms with Gasteiger partial charge in [-0.05, 0) is 119 Å². The number of Topliss-reactive ketones (excluding diaryl/α,β-unsaturated/α-hetero) is 3. The third-order valence-corrected chi connectivity index (χ3v) is 16.3. The number of amides is 1. The van der Waals surface area contributed by atoms with Gasteiger partial charge in [-0.25, -0.2) is 4.79 Å². The average molecular weight is 999 g/mol. The van der Waals surface area contributed by atoms with Gasteiger partial charge in [0.05, 0.1) is 18.3 Å². The van der Waals surface area contributed by atoms with Crippen molar-refractivity contribution in [3.05, 3.63) is 83.6 Å². The minimum Gasteiger partial charge on any atom is -0.460 e. The van der Waals surface area contributed by atoms with Gasteiger partial charge in [-0.15, -0.1) is 0 Å². The lowest BCUT2D eigenvalue weighted by Crippen LogP contribution is -2.60. The van der Waals surface area contributed by atoms with Gasteiger partial charge in [-0.3, -0.25) is 19.2 Å². The van der Waals surface area contributed by atoms with Crippen molar-refractivity contribution in [3.8, 4) is 0 Å². The molecule has 72 heavy (non-hydrogen) atoms. The maximum atomic E-state index is 14.5. The zero-order valence-corrected chi connectivity index (χ0v) is 44.1. The summed E-state index contributed by atoms with van der Waals surface area (Å²) in [5.41, 5.74) is 3.39. The van der Waals surface area contributed by atoms with E-state index in [0.717, 1.165) is 28.5 Å². The number of hydrogen-bond donors (Lipinski definition) is 4. The van der Waals surface area contributed by atoms with Gasteiger partial charge in [-0.1, -0.05) is 94.8 Å². The molecule has 4 N–H and O–H groups in total. The number of H-pyrrole nitrogens is 1. The minimum atomic E-state index is -2.45. The number of ketones is 3. The highest BCUT2D eigenvalue weighted by atomic mass is 16.6. The topological polar surface area (TPSA) is 202 Å². The van der Waals surface area contributed by atoms with Crippen molar-refractivity contribution >= 4 is 40.1 Å². The van der Waals surface area contributed by atoms with Crippen LogP contribution in [0.25, 0.3) is 10.9 Å². The number of piperidine rings is 1. The fraction of sp³-hybridized carbons (Fsp3) is 0.638. The molecule has 1 amide bonds. The van der Waals surface area contributed by atoms with Gasteiger partial charge in [-0.2, -0.15) is 0 Å². The van der Waals surface area contributed by atoms with Gasteiger partial charge in [0.15, 0.2) is 5.78 Å². The van der Waals surface area contributed by atoms with E-state index in [1.165, 1.54) is 12.0 Å². The van der Waals surface area contributed by atoms with E-state index in [4.69, 9.17) is 18.9 Å². The summed E-state index contributed by atoms with van der Waals surface area (Å²) >= 11 is 0. The van der Waals surface area contributed by atoms with E-state index >= 15 is 0 Å². The Morgan fingerprint density at radius 1 is 0.875 bits per heavy atom. The number of nitrogens with zero attached hydrogens (tertiary/aromatic N) is 1. The third kappa shape index (κ3) is 13.6. The number of carbonyl (C=O) groups is 5. The molecule has 1 aromatic carbocycles. The van der Waals surface area contributed by atoms with E-state index in [9.17, 15) is 39.3 Å². The lowest BCUT2D eigenvalue weighted by Gasteiger charge is -2.43. The lowest BCUT2D eigenvalue weighted by atomic mass is 9.78. The molecule has 4 heterocycles. The number of aliphatic hydroxyl groups excluding tert-OH is 2. The Balaban J connectivity index is 1.35. The number of aromatic nitrogens is 1. The molecule has 3 unspecified atom stereocenters. The summed E-state index contributed by atoms with van der Waals surface area (Å²) in [4.78, 5) is 76.3. The van der Waals surface area contributed by atoms with Crippen LogP contribution in [0, 0.1) is 35.5 Å². The number of hydrogen-bond acceptors (Lipinski definition) is 12. The largest absolute Gasteiger partial charge is 0.460 e. The van der Waals surface area contributed by atoms with Crippen LogP contribution in [-0.4, -0.2) is 124 Å². The van der Waals surface area contributed by atoms with Gasteiger partial charge >= 0.3 is 5.97 Å². The molecule has 1 saturated carbocycles. The highest BCUT2D eigenvalue weighted by Crippen LogP contribution is 2.42. The number of benzene rings is 1. The van der Waals surface area contributed by atoms with Crippen LogP contribution in [0.2, 0.25) is 0 Å². The predicted molar refractivity (Wildman–Crippen MR) is 275 cm³/mol. The summed E-state index contributed by atoms with van der Waals surface area (Å²) in [6.45, 7) is 12.9. The van der Waals surface area contributed by atoms with Crippen molar-refractivity contribution in [1.82, 2.24) is 9.88 Å². The van der Waals surface area contributed by atoms with Gasteiger partial charge in [0.25, 0.3) is 11.7 Å². The molecule has 0 spiro atoms. The maximum Gasteiger partial charge on any atom is 0.329 e. The molecule has 2 bridgehead atoms. The summed E-state index contributed by atoms with van der Waals surface area (Å²) in [5.74, 6) is -8.21. The number of para-hydroxylation sites is 1. The quantitative estimate of drug-likeness (QED) is 0.122. The molecule has 15 atom stereocenters. The number of nitrogens with one attached hydrogen (secondary N) is 1. The first kappa shape index (κ1) is 56.7. The van der Waals surface area contributed by atoms with E-state index in [-0.39, 0.29) is 60.7 Å². The number of esters is 1. The van der Waals surface area contributed by atoms with Crippen molar-refractivity contribution in [2.45, 2.75) is 180 Å². The fourth-order valence-corrected chi connectivity index (χ4v) is 11.6. The zero-order valence-electron chi connectivity index (χ0n) is 44.1. The van der Waals surface area contributed by atoms with E-state index in [2.05, 4.69) is 11.1 Å². The van der Waals surface area contributed by atoms with Crippen LogP contribution in [0.3, 0.4) is 0 Å². The van der Waals surface area contributed by atoms with Gasteiger partial charge in [0.2, 0.25) is 5.79 Å². The highest BCUT2D eigenvalue weighted by molar-refractivity contribution is 6.39. The Bertz CT molecular complexity index is 2330. The van der Waals surface area contributed by atoms with Crippen LogP contribution in [0.15, 0.2) is 78.1 Å². The summed E-state index contributed by atoms with van der Waals surface area (Å²) in [5, 5.41) is 35.4. The fourth-order valence-electron chi connectivity index (χ4n) is 11.6. The number of rotatable bonds is 6. The number of aromatic amines is 1. The second-order valence-corrected chi connectivity index (χ2v) is 21.7. The SMILES string of the molecule is CO[C@@H]1CC(CC(C)C2CC(=O)[C@H](C)/C=C(\C)[C@@H](O)[C@@H](OC)C(=O)[C@H](C)C[C@H](C)/C=C/C=C/C=C(\C)[C@H](c3c[nH]c4ccccc34)C[C@@H]3CC[C@@H](C)[C@@](O)(O3)C(=O)C(=O)N3CCCC[C@H]3C(=O)O2)CC[C@H]1O. The highest BCUT2D eigenvalue weighted by Gasteiger charge is 2.53. The standard InChI is InChI=1S/C58H82N2O12/c1-34-17-11-10-12-18-35(2)44(45-33-59-46-20-14-13-19-43(45)46)31-42-24-22-40(7)58(68,72-42)55(65)56(66)60-26-16-15-21-47(60)57(67)71-50(37(4)29-41-23-25-48(61)51(30-41)69-8)32-49(62)36(3)28-39(6)53(64)54(70-9)52(63)38(5)27-34/h10-14,17-20,28,33-34,36-38,40-42,44,47-48,50-51,53-54,59,61,64,68H,15-16,21-27,29-32H2,1-9H3/b12-10+,17-11+,35-18+,39-28+/t34-,36-,37?,38-,40-,41?,42+,44-,47+,48-,50?,51-,53-,54+,58-/m1/s1. The third-order valence-electron chi connectivity index (χ3n) is 16.3. The van der Waals surface area contributed by atoms with Gasteiger partial charge < -0.3 is 44.2 Å². The van der Waals surface area contributed by atoms with Crippen LogP contribution in [0.5, 0.6) is 0 Å². The molecule has 0 radical (unpaired) electrons. The smallest absolute Gasteiger partial charge is 0.329 e. The lowest BCUT2D eigenvalue weighted by molar-refractivity contribution is -0.264. The van der Waals surface area contributed by atoms with Gasteiger partial charge in [0.1, 0.15) is 30.1 Å². The van der Waals surface area contributed by atoms with Crippen LogP contribution in [-0.2, 0) is 42.9 Å². The number of aliphatic hydroxyl groups is 3. The molecule has 6 rings (SSSR count). The van der Waals surface area contributed by atoms with E-state index in [1.807, 2.05) is 82.5 Å². The van der Waals surface area contributed by atoms with E-state index < -0.39 is 77.8 Å². The van der Waals surface area contributed by atoms with Crippen LogP contribution >= 0.6 is 0 Å². The van der Waals surface area contributed by atoms with Crippen LogP contribution in [0.1, 0.15) is 137 Å². The summed E-state index contributed by atoms with van der Waals surface area (Å²) in [7, 11) is 2.96. The molecular formula is C58H82N2O12. The number of allylic oxidation sites excluding steroid dienone is 7. The molecule has 1 aliphatic carbocycles. The monoisotopic (exact) mass is 999 g/mol. The van der Waals surface area contributed by atoms with E-state index in [1.54, 1.807) is 34.0 Å². The Morgan fingerprint density at radius 2 is 1.62 bits per heavy atom. The number of fused-ring (bicyclic) bond motifs is 4. The minimum absolute atomic E-state index is 0.00750. The summed E-state index contributed by atoms with van der Waals surface area (Å²) < 4.78 is 24.0. The van der Waals surface area contributed by atoms with E-state index in [0.29, 0.717) is 63.4 Å². The van der Waals surface area contributed by atoms with Crippen molar-refractivity contribution in [2.24, 2.45) is 35.5 Å². The molecule has 3 aliphatic heterocycles. The number of carbonyl (C=O) groups excluding carboxylic acids is 5. The Kier molecular flexibility index (Phi) is 20.2. The molecule has 2 aromatic rings. The molecule has 1 aromatic heterocycles. The molecule has 2 saturated heterocycles. The van der Waals surface area contributed by atoms with Crippen LogP contribution in [0.4, 0.5) is 0 Å². The summed E-state index contributed by atoms with van der Waals surface area (Å²) in [6.07, 6.45) is 14.0. The zero-order chi connectivity index (χ0) is 52.4. The summed E-state index contributed by atoms with van der Waals surface area (Å²) in [6, 6.07) is 6.86. The second kappa shape index (κ2) is 25.6. The Labute approximate surface area is 426 Å². The predicted octanol–water partition coefficient (Wildman–Crippen LogP) is 8.43. The maximum absolute atomic E-state index is 14.5. The number of methoxy groups -OCH3 is 2. The molecule has 3 fully saturated rings. The first-order chi connectivity index (χ1) is 34.3. The van der Waals surface area contributed by atoms with Crippen molar-refractivity contribution in [2.75, 3.05) is 20.8 Å². The van der Waals surface area contributed by atoms with Crippen molar-refractivity contribution in [3.63, 3.8) is 0 Å². The molecule has 4 aliphatic rings. The Hall–Kier alpha value is -4.57. The van der Waals surface area contributed by atoms with Crippen molar-refractivity contribution in [1.29, 1.82) is 0 Å². The number of cyclic esters (lactones) is 1. The Morgan fingerprint density at radius 3 is 2.36 bits per heavy atom. The van der Waals surface area contributed by atoms with Crippen LogP contribution < -0.4 is 0 Å². The van der Waals surface area contributed by atoms with Crippen molar-refractivity contribution < 1.29 is 58.2 Å². The molecular weight excluding hydrogens is 917 g/mol. The first-order valence-electron chi connectivity index (χ1n) is 26.5. The second-order valence-electron chi connectivity index (χ2n) is 21.7. The average Bonchev–Trinajstić information content (AvgIpc) is 3.79. The van der Waals surface area contributed by atoms with Gasteiger partial charge in [0, 0.05) is 68.0 Å². The first-order valence-corrected chi connectivity index (χ1v) is 26.5. The molecule has 14 nitrogen and oxygen atoms in total. The number of ether oxygens (including phenoxy) is 4.